The van der Waals surface area contributed by atoms with E-state index in [2.05, 4.69) is 37.9 Å². The third-order valence-electron chi connectivity index (χ3n) is 4.96. The summed E-state index contributed by atoms with van der Waals surface area (Å²) in [6, 6.07) is 4.15. The lowest BCUT2D eigenvalue weighted by Crippen LogP contribution is -2.37. The number of rotatable bonds is 0. The predicted octanol–water partition coefficient (Wildman–Crippen LogP) is 2.02. The van der Waals surface area contributed by atoms with Gasteiger partial charge in [-0.05, 0) is 57.0 Å². The summed E-state index contributed by atoms with van der Waals surface area (Å²) >= 11 is 0. The van der Waals surface area contributed by atoms with Crippen LogP contribution in [-0.4, -0.2) is 11.9 Å². The van der Waals surface area contributed by atoms with Crippen molar-refractivity contribution >= 4 is 11.4 Å². The Bertz CT molecular complexity index is 439. The molecular formula is C13H19N3. The van der Waals surface area contributed by atoms with Crippen molar-refractivity contribution < 1.29 is 0 Å². The van der Waals surface area contributed by atoms with Crippen molar-refractivity contribution in [2.45, 2.75) is 37.8 Å². The van der Waals surface area contributed by atoms with Gasteiger partial charge in [0.15, 0.2) is 0 Å². The minimum atomic E-state index is 0.145. The molecule has 3 rings (SSSR count). The standard InChI is InChI=1S/C13H19N3/c1-12-4-5-13(2,16(12)3)9-7-11(15)10(14)6-8(9)12/h6-7H,4-5,14-15H2,1-3H3. The van der Waals surface area contributed by atoms with Gasteiger partial charge in [-0.1, -0.05) is 0 Å². The van der Waals surface area contributed by atoms with Crippen LogP contribution in [0.3, 0.4) is 0 Å². The molecule has 0 amide bonds. The summed E-state index contributed by atoms with van der Waals surface area (Å²) in [6.07, 6.45) is 2.41. The number of nitrogens with two attached hydrogens (primary N) is 2. The van der Waals surface area contributed by atoms with E-state index in [0.717, 1.165) is 0 Å². The van der Waals surface area contributed by atoms with Crippen molar-refractivity contribution in [2.75, 3.05) is 18.5 Å². The molecule has 4 N–H and O–H groups in total. The molecule has 2 aliphatic heterocycles. The normalized spacial score (nSPS) is 36.7. The molecule has 2 heterocycles. The Kier molecular flexibility index (Phi) is 1.58. The molecule has 3 nitrogen and oxygen atoms in total. The zero-order chi connectivity index (χ0) is 11.7. The lowest BCUT2D eigenvalue weighted by Gasteiger charge is -2.31. The topological polar surface area (TPSA) is 55.3 Å². The lowest BCUT2D eigenvalue weighted by molar-refractivity contribution is 0.120. The summed E-state index contributed by atoms with van der Waals surface area (Å²) < 4.78 is 0. The average molecular weight is 217 g/mol. The first kappa shape index (κ1) is 9.97. The van der Waals surface area contributed by atoms with Crippen LogP contribution in [-0.2, 0) is 11.1 Å². The van der Waals surface area contributed by atoms with E-state index in [0.29, 0.717) is 11.4 Å². The van der Waals surface area contributed by atoms with Crippen molar-refractivity contribution in [2.24, 2.45) is 0 Å². The second-order valence-electron chi connectivity index (χ2n) is 5.63. The lowest BCUT2D eigenvalue weighted by atomic mass is 9.78. The molecule has 2 aliphatic rings. The number of nitrogens with zero attached hydrogens (tertiary/aromatic N) is 1. The maximum atomic E-state index is 5.93. The van der Waals surface area contributed by atoms with Crippen LogP contribution in [0.1, 0.15) is 37.8 Å². The van der Waals surface area contributed by atoms with Crippen LogP contribution in [0, 0.1) is 0 Å². The van der Waals surface area contributed by atoms with E-state index in [-0.39, 0.29) is 11.1 Å². The highest BCUT2D eigenvalue weighted by atomic mass is 15.3. The molecule has 0 radical (unpaired) electrons. The summed E-state index contributed by atoms with van der Waals surface area (Å²) in [4.78, 5) is 2.48. The van der Waals surface area contributed by atoms with E-state index in [4.69, 9.17) is 11.5 Å². The highest BCUT2D eigenvalue weighted by Gasteiger charge is 2.57. The van der Waals surface area contributed by atoms with Gasteiger partial charge in [0.25, 0.3) is 0 Å². The van der Waals surface area contributed by atoms with E-state index in [9.17, 15) is 0 Å². The summed E-state index contributed by atoms with van der Waals surface area (Å²) in [7, 11) is 2.21. The molecule has 3 heteroatoms. The highest BCUT2D eigenvalue weighted by molar-refractivity contribution is 5.69. The molecule has 86 valence electrons. The number of hydrogen-bond donors (Lipinski definition) is 2. The zero-order valence-corrected chi connectivity index (χ0v) is 10.2. The molecule has 1 saturated heterocycles. The Balaban J connectivity index is 2.33. The van der Waals surface area contributed by atoms with Gasteiger partial charge in [-0.2, -0.15) is 0 Å². The molecule has 1 fully saturated rings. The monoisotopic (exact) mass is 217 g/mol. The Hall–Kier alpha value is -1.22. The molecular weight excluding hydrogens is 198 g/mol. The van der Waals surface area contributed by atoms with Gasteiger partial charge in [0.05, 0.1) is 11.4 Å². The van der Waals surface area contributed by atoms with Crippen molar-refractivity contribution in [1.29, 1.82) is 0 Å². The van der Waals surface area contributed by atoms with Crippen LogP contribution in [0.25, 0.3) is 0 Å². The molecule has 0 aliphatic carbocycles. The molecule has 0 aromatic heterocycles. The van der Waals surface area contributed by atoms with Crippen molar-refractivity contribution in [3.8, 4) is 0 Å². The van der Waals surface area contributed by atoms with Crippen LogP contribution in [0.5, 0.6) is 0 Å². The molecule has 0 saturated carbocycles. The van der Waals surface area contributed by atoms with Gasteiger partial charge < -0.3 is 11.5 Å². The van der Waals surface area contributed by atoms with Crippen molar-refractivity contribution in [3.05, 3.63) is 23.3 Å². The summed E-state index contributed by atoms with van der Waals surface area (Å²) in [5.74, 6) is 0. The third-order valence-corrected chi connectivity index (χ3v) is 4.96. The minimum absolute atomic E-state index is 0.145. The van der Waals surface area contributed by atoms with Gasteiger partial charge in [-0.25, -0.2) is 0 Å². The minimum Gasteiger partial charge on any atom is -0.397 e. The fraction of sp³-hybridized carbons (Fsp3) is 0.538. The molecule has 16 heavy (non-hydrogen) atoms. The maximum Gasteiger partial charge on any atom is 0.0551 e. The second-order valence-corrected chi connectivity index (χ2v) is 5.63. The first-order chi connectivity index (χ1) is 7.39. The molecule has 1 aromatic rings. The van der Waals surface area contributed by atoms with Crippen LogP contribution < -0.4 is 11.5 Å². The Morgan fingerprint density at radius 3 is 1.75 bits per heavy atom. The van der Waals surface area contributed by atoms with Gasteiger partial charge in [0.1, 0.15) is 0 Å². The van der Waals surface area contributed by atoms with E-state index in [1.807, 2.05) is 0 Å². The SMILES string of the molecule is CN1C2(C)CCC1(C)c1cc(N)c(N)cc12. The largest absolute Gasteiger partial charge is 0.397 e. The smallest absolute Gasteiger partial charge is 0.0551 e. The number of nitrogen functional groups attached to an aromatic ring is 2. The van der Waals surface area contributed by atoms with E-state index in [1.54, 1.807) is 0 Å². The van der Waals surface area contributed by atoms with Gasteiger partial charge in [0, 0.05) is 11.1 Å². The quantitative estimate of drug-likeness (QED) is 0.654. The number of fused-ring (bicyclic) bond motifs is 5. The summed E-state index contributed by atoms with van der Waals surface area (Å²) in [5, 5.41) is 0. The van der Waals surface area contributed by atoms with Gasteiger partial charge in [-0.15, -0.1) is 0 Å². The van der Waals surface area contributed by atoms with Crippen LogP contribution in [0.4, 0.5) is 11.4 Å². The van der Waals surface area contributed by atoms with E-state index < -0.39 is 0 Å². The molecule has 2 unspecified atom stereocenters. The van der Waals surface area contributed by atoms with Gasteiger partial charge >= 0.3 is 0 Å². The maximum absolute atomic E-state index is 5.93. The van der Waals surface area contributed by atoms with Crippen LogP contribution in [0.15, 0.2) is 12.1 Å². The van der Waals surface area contributed by atoms with E-state index in [1.165, 1.54) is 24.0 Å². The Morgan fingerprint density at radius 2 is 1.38 bits per heavy atom. The second kappa shape index (κ2) is 2.54. The fourth-order valence-corrected chi connectivity index (χ4v) is 3.52. The predicted molar refractivity (Wildman–Crippen MR) is 67.0 cm³/mol. The zero-order valence-electron chi connectivity index (χ0n) is 10.2. The van der Waals surface area contributed by atoms with Crippen molar-refractivity contribution in [3.63, 3.8) is 0 Å². The van der Waals surface area contributed by atoms with E-state index >= 15 is 0 Å². The summed E-state index contributed by atoms with van der Waals surface area (Å²) in [5.41, 5.74) is 16.3. The van der Waals surface area contributed by atoms with Gasteiger partial charge in [-0.3, -0.25) is 4.90 Å². The molecule has 0 spiro atoms. The average Bonchev–Trinajstić information content (AvgIpc) is 2.55. The molecule has 2 atom stereocenters. The first-order valence-electron chi connectivity index (χ1n) is 5.83. The Labute approximate surface area is 96.4 Å². The van der Waals surface area contributed by atoms with Crippen LogP contribution >= 0.6 is 0 Å². The number of hydrogen-bond acceptors (Lipinski definition) is 3. The summed E-state index contributed by atoms with van der Waals surface area (Å²) in [6.45, 7) is 4.61. The number of anilines is 2. The fourth-order valence-electron chi connectivity index (χ4n) is 3.52. The number of benzene rings is 1. The Morgan fingerprint density at radius 1 is 1.00 bits per heavy atom. The molecule has 1 aromatic carbocycles. The van der Waals surface area contributed by atoms with Crippen molar-refractivity contribution in [1.82, 2.24) is 4.90 Å². The molecule has 2 bridgehead atoms. The highest BCUT2D eigenvalue weighted by Crippen LogP contribution is 2.59. The third kappa shape index (κ3) is 0.846. The van der Waals surface area contributed by atoms with Crippen LogP contribution in [0.2, 0.25) is 0 Å². The van der Waals surface area contributed by atoms with Gasteiger partial charge in [0.2, 0.25) is 0 Å². The first-order valence-corrected chi connectivity index (χ1v) is 5.83.